The zero-order valence-electron chi connectivity index (χ0n) is 44.2. The summed E-state index contributed by atoms with van der Waals surface area (Å²) in [6.07, 6.45) is 5.10. The molecule has 0 aliphatic carbocycles. The molecule has 6 N–H and O–H groups in total. The summed E-state index contributed by atoms with van der Waals surface area (Å²) >= 11 is 2.39. The minimum atomic E-state index is -1.33. The Hall–Kier alpha value is -8.87. The van der Waals surface area contributed by atoms with Crippen LogP contribution >= 0.6 is 36.2 Å². The number of carboxylic acid groups (broad SMARTS) is 1. The Morgan fingerprint density at radius 1 is 0.659 bits per heavy atom. The Labute approximate surface area is 478 Å². The first-order chi connectivity index (χ1) is 38.7. The van der Waals surface area contributed by atoms with E-state index in [1.165, 1.54) is 32.3 Å². The Morgan fingerprint density at radius 2 is 1.16 bits per heavy atom. The van der Waals surface area contributed by atoms with Gasteiger partial charge in [-0.15, -0.1) is 22.7 Å². The van der Waals surface area contributed by atoms with Crippen molar-refractivity contribution >= 4 is 103 Å². The predicted molar refractivity (Wildman–Crippen MR) is 301 cm³/mol. The maximum absolute atomic E-state index is 14.5. The molecule has 10 aromatic rings. The third-order valence-corrected chi connectivity index (χ3v) is 15.2. The lowest BCUT2D eigenvalue weighted by Gasteiger charge is -2.23. The summed E-state index contributed by atoms with van der Waals surface area (Å²) in [4.78, 5) is 101. The molecule has 25 nitrogen and oxygen atoms in total. The summed E-state index contributed by atoms with van der Waals surface area (Å²) in [5.41, 5.74) is 18.8. The van der Waals surface area contributed by atoms with Gasteiger partial charge in [0.1, 0.15) is 44.8 Å². The van der Waals surface area contributed by atoms with Crippen molar-refractivity contribution in [2.24, 2.45) is 11.5 Å². The first-order valence-corrected chi connectivity index (χ1v) is 26.8. The number of hydrogen-bond donors (Lipinski definition) is 4. The number of Topliss-reactive ketones (excluding diaryl/α,β-unsaturated/α-hetero) is 2. The van der Waals surface area contributed by atoms with Crippen LogP contribution in [-0.2, 0) is 45.1 Å². The van der Waals surface area contributed by atoms with Crippen molar-refractivity contribution in [2.45, 2.75) is 90.9 Å². The lowest BCUT2D eigenvalue weighted by atomic mass is 10.0. The largest absolute Gasteiger partial charge is 0.480 e. The van der Waals surface area contributed by atoms with E-state index in [4.69, 9.17) is 16.6 Å². The van der Waals surface area contributed by atoms with Gasteiger partial charge in [0.25, 0.3) is 11.8 Å². The highest BCUT2D eigenvalue weighted by Crippen LogP contribution is 2.34. The van der Waals surface area contributed by atoms with Crippen LogP contribution in [0.2, 0.25) is 0 Å². The first kappa shape index (κ1) is 57.8. The van der Waals surface area contributed by atoms with Crippen LogP contribution in [0, 0.1) is 27.7 Å². The Morgan fingerprint density at radius 3 is 1.62 bits per heavy atom. The van der Waals surface area contributed by atoms with Gasteiger partial charge in [-0.05, 0) is 52.0 Å². The molecule has 2 fully saturated rings. The average molecular weight is 1180 g/mol. The zero-order valence-corrected chi connectivity index (χ0v) is 46.9. The quantitative estimate of drug-likeness (QED) is 0.119. The molecule has 0 spiro atoms. The number of aliphatic carboxylic acids is 1. The highest BCUT2D eigenvalue weighted by Gasteiger charge is 2.40. The Balaban J connectivity index is 0.000000164. The number of primary amides is 2. The van der Waals surface area contributed by atoms with Gasteiger partial charge in [0, 0.05) is 90.2 Å². The summed E-state index contributed by atoms with van der Waals surface area (Å²) in [6.45, 7) is 6.76. The second-order valence-corrected chi connectivity index (χ2v) is 21.4. The number of aromatic nitrogens is 14. The van der Waals surface area contributed by atoms with Crippen LogP contribution in [0.1, 0.15) is 68.0 Å². The Kier molecular flexibility index (Phi) is 17.0. The molecule has 3 amide bonds. The number of amides is 3. The molecule has 2 saturated heterocycles. The number of aryl methyl sites for hydroxylation is 4. The molecule has 12 heterocycles. The van der Waals surface area contributed by atoms with Crippen molar-refractivity contribution in [1.29, 1.82) is 0 Å². The van der Waals surface area contributed by atoms with E-state index in [9.17, 15) is 37.5 Å². The number of hydrogen-bond acceptors (Lipinski definition) is 19. The molecule has 0 bridgehead atoms. The third-order valence-electron chi connectivity index (χ3n) is 13.0. The minimum Gasteiger partial charge on any atom is -0.480 e. The van der Waals surface area contributed by atoms with Gasteiger partial charge in [0.05, 0.1) is 42.9 Å². The summed E-state index contributed by atoms with van der Waals surface area (Å²) in [5.74, 6) is -3.38. The van der Waals surface area contributed by atoms with Crippen LogP contribution in [0.25, 0.3) is 53.1 Å². The molecule has 2 aliphatic heterocycles. The average Bonchev–Trinajstić information content (AvgIpc) is 3.15. The number of likely N-dealkylation sites (tertiary alicyclic amines) is 1. The van der Waals surface area contributed by atoms with Crippen LogP contribution < -0.4 is 16.8 Å². The number of alkyl halides is 2. The van der Waals surface area contributed by atoms with Gasteiger partial charge in [-0.2, -0.15) is 33.9 Å². The van der Waals surface area contributed by atoms with Crippen molar-refractivity contribution in [3.05, 3.63) is 119 Å². The standard InChI is InChI=1S/C26H24FN9O3S.C14H11N7O3S.C12H15FN2O.H2S/c1-13-4-3-5-17(30-13)8-19(37)18-7-16(27)11-34(18)21(38)12-36-25-23(22(33-36)24(28)39)40-26(31-25)15-9-29-20-6-14(2)32-35(20)10-15;1-6-2-8-16-3-7(4-20(8)18-6)14-17-13-11(25-14)10(12(15)24)19-21(13)5-9(22)23;1-8-3-2-4-10(15-8)6-12(16)11-5-9(13)7-14-11;/h3-6,9-10,16,18H,7-8,11-12H2,1-2H3,(H2,28,39);2-4H,5H2,1H3,(H2,15,24)(H,22,23);2-4,9,11,14H,5-7H2,1H3;1H2/t16-,18+;;9-,11+;/m1.1./s1. The van der Waals surface area contributed by atoms with Crippen molar-refractivity contribution in [1.82, 2.24) is 78.9 Å². The lowest BCUT2D eigenvalue weighted by molar-refractivity contribution is -0.138. The molecule has 0 aromatic carbocycles. The van der Waals surface area contributed by atoms with Gasteiger partial charge in [-0.1, -0.05) is 12.1 Å². The second-order valence-electron chi connectivity index (χ2n) is 19.4. The molecule has 12 rings (SSSR count). The van der Waals surface area contributed by atoms with E-state index < -0.39 is 48.6 Å². The van der Waals surface area contributed by atoms with Crippen LogP contribution in [0.5, 0.6) is 0 Å². The minimum absolute atomic E-state index is 0. The molecule has 0 saturated carbocycles. The lowest BCUT2D eigenvalue weighted by Crippen LogP contribution is -2.43. The molecule has 424 valence electrons. The van der Waals surface area contributed by atoms with Crippen molar-refractivity contribution < 1.29 is 42.7 Å². The van der Waals surface area contributed by atoms with Crippen LogP contribution in [0.3, 0.4) is 0 Å². The highest BCUT2D eigenvalue weighted by atomic mass is 32.1. The number of rotatable bonds is 14. The predicted octanol–water partition coefficient (Wildman–Crippen LogP) is 4.07. The number of nitrogens with two attached hydrogens (primary N) is 2. The number of nitrogens with zero attached hydrogens (tertiary/aromatic N) is 15. The Bertz CT molecular complexity index is 4110. The van der Waals surface area contributed by atoms with Crippen molar-refractivity contribution in [2.75, 3.05) is 13.1 Å². The molecule has 82 heavy (non-hydrogen) atoms. The maximum atomic E-state index is 14.5. The number of fused-ring (bicyclic) bond motifs is 4. The first-order valence-electron chi connectivity index (χ1n) is 25.2. The number of pyridine rings is 2. The van der Waals surface area contributed by atoms with Gasteiger partial charge in [0.15, 0.2) is 45.5 Å². The molecular weight excluding hydrogens is 1120 g/mol. The molecule has 30 heteroatoms. The number of halogens is 2. The fourth-order valence-electron chi connectivity index (χ4n) is 9.35. The SMILES string of the molecule is Cc1cc2ncc(-c3nc4c(s3)c(C(N)=O)nn4CC(=O)O)cn2n1.Cc1cccc(CC(=O)[C@@H]2C[C@@H](F)CN2)n1.Cc1cccc(CC(=O)[C@@H]2C[C@@H](F)CN2C(=O)Cn2nc(C(N)=O)c3sc(-c4cnc5cc(C)nn5c4)nc32)n1.S. The summed E-state index contributed by atoms with van der Waals surface area (Å²) < 4.78 is 33.9. The van der Waals surface area contributed by atoms with Crippen LogP contribution in [-0.4, -0.2) is 151 Å². The summed E-state index contributed by atoms with van der Waals surface area (Å²) in [7, 11) is 0. The van der Waals surface area contributed by atoms with Crippen LogP contribution in [0.15, 0.2) is 73.3 Å². The van der Waals surface area contributed by atoms with Crippen molar-refractivity contribution in [3.63, 3.8) is 0 Å². The smallest absolute Gasteiger partial charge is 0.325 e. The van der Waals surface area contributed by atoms with Gasteiger partial charge in [-0.25, -0.2) is 47.1 Å². The zero-order chi connectivity index (χ0) is 57.4. The fourth-order valence-corrected chi connectivity index (χ4v) is 11.4. The van der Waals surface area contributed by atoms with Gasteiger partial charge < -0.3 is 26.8 Å². The van der Waals surface area contributed by atoms with Crippen molar-refractivity contribution in [3.8, 4) is 21.1 Å². The highest BCUT2D eigenvalue weighted by molar-refractivity contribution is 7.59. The fraction of sp³-hybridized carbons (Fsp3) is 0.308. The second kappa shape index (κ2) is 24.1. The number of ketones is 2. The van der Waals surface area contributed by atoms with E-state index in [1.807, 2.05) is 64.1 Å². The van der Waals surface area contributed by atoms with E-state index in [2.05, 4.69) is 55.6 Å². The van der Waals surface area contributed by atoms with E-state index in [1.54, 1.807) is 46.0 Å². The molecule has 4 atom stereocenters. The monoisotopic (exact) mass is 1170 g/mol. The van der Waals surface area contributed by atoms with E-state index in [0.717, 1.165) is 33.2 Å². The van der Waals surface area contributed by atoms with Crippen LogP contribution in [0.4, 0.5) is 8.78 Å². The normalized spacial score (nSPS) is 16.7. The molecule has 10 aromatic heterocycles. The number of carboxylic acids is 1. The molecule has 0 radical (unpaired) electrons. The summed E-state index contributed by atoms with van der Waals surface area (Å²) in [5, 5.41) is 29.8. The number of nitrogens with one attached hydrogen (secondary N) is 1. The van der Waals surface area contributed by atoms with E-state index >= 15 is 0 Å². The topological polar surface area (TPSA) is 338 Å². The van der Waals surface area contributed by atoms with E-state index in [0.29, 0.717) is 59.6 Å². The number of carbonyl (C=O) groups excluding carboxylic acids is 5. The third kappa shape index (κ3) is 12.7. The molecule has 0 unspecified atom stereocenters. The van der Waals surface area contributed by atoms with E-state index in [-0.39, 0.29) is 87.0 Å². The van der Waals surface area contributed by atoms with Gasteiger partial charge in [0.2, 0.25) is 5.91 Å². The maximum Gasteiger partial charge on any atom is 0.325 e. The van der Waals surface area contributed by atoms with Gasteiger partial charge >= 0.3 is 5.97 Å². The summed E-state index contributed by atoms with van der Waals surface area (Å²) in [6, 6.07) is 13.4. The molecule has 2 aliphatic rings. The number of thiazole rings is 2. The molecular formula is C52H52F2N18O7S3. The van der Waals surface area contributed by atoms with Gasteiger partial charge in [-0.3, -0.25) is 38.7 Å². The number of carbonyl (C=O) groups is 6.